The van der Waals surface area contributed by atoms with Crippen molar-refractivity contribution in [1.29, 1.82) is 0 Å². The smallest absolute Gasteiger partial charge is 0.340 e. The van der Waals surface area contributed by atoms with Crippen molar-refractivity contribution in [3.8, 4) is 0 Å². The SMILES string of the molecule is CCS(=O)(=O)SC1OC(=O)c2ccccc21. The Balaban J connectivity index is 2.32. The molecular weight excluding hydrogens is 248 g/mol. The van der Waals surface area contributed by atoms with Gasteiger partial charge in [0.05, 0.1) is 11.3 Å². The molecule has 0 radical (unpaired) electrons. The van der Waals surface area contributed by atoms with Crippen LogP contribution in [0.15, 0.2) is 24.3 Å². The number of fused-ring (bicyclic) bond motifs is 1. The maximum absolute atomic E-state index is 11.4. The molecule has 0 fully saturated rings. The second-order valence-corrected chi connectivity index (χ2v) is 7.68. The van der Waals surface area contributed by atoms with E-state index in [-0.39, 0.29) is 5.75 Å². The number of esters is 1. The third kappa shape index (κ3) is 2.08. The molecule has 1 atom stereocenters. The normalized spacial score (nSPS) is 19.3. The van der Waals surface area contributed by atoms with Crippen molar-refractivity contribution in [2.75, 3.05) is 5.75 Å². The third-order valence-corrected chi connectivity index (χ3v) is 5.87. The van der Waals surface area contributed by atoms with Gasteiger partial charge < -0.3 is 4.74 Å². The van der Waals surface area contributed by atoms with Crippen LogP contribution in [-0.4, -0.2) is 20.1 Å². The van der Waals surface area contributed by atoms with Crippen molar-refractivity contribution in [1.82, 2.24) is 0 Å². The van der Waals surface area contributed by atoms with E-state index in [4.69, 9.17) is 4.74 Å². The van der Waals surface area contributed by atoms with Gasteiger partial charge in [0.2, 0.25) is 8.87 Å². The van der Waals surface area contributed by atoms with Crippen molar-refractivity contribution in [2.45, 2.75) is 12.4 Å². The van der Waals surface area contributed by atoms with Crippen molar-refractivity contribution in [3.63, 3.8) is 0 Å². The predicted molar refractivity (Wildman–Crippen MR) is 61.7 cm³/mol. The van der Waals surface area contributed by atoms with Crippen molar-refractivity contribution in [2.24, 2.45) is 0 Å². The first-order chi connectivity index (χ1) is 7.53. The summed E-state index contributed by atoms with van der Waals surface area (Å²) in [4.78, 5) is 11.4. The molecular formula is C10H10O4S2. The van der Waals surface area contributed by atoms with Crippen LogP contribution in [0.25, 0.3) is 0 Å². The fourth-order valence-corrected chi connectivity index (χ4v) is 3.86. The predicted octanol–water partition coefficient (Wildman–Crippen LogP) is 1.94. The number of hydrogen-bond acceptors (Lipinski definition) is 5. The molecule has 0 saturated carbocycles. The van der Waals surface area contributed by atoms with Gasteiger partial charge in [-0.2, -0.15) is 0 Å². The Hall–Kier alpha value is -1.01. The van der Waals surface area contributed by atoms with Gasteiger partial charge in [-0.05, 0) is 6.07 Å². The molecule has 0 bridgehead atoms. The van der Waals surface area contributed by atoms with Crippen LogP contribution < -0.4 is 0 Å². The van der Waals surface area contributed by atoms with E-state index in [1.54, 1.807) is 31.2 Å². The Morgan fingerprint density at radius 2 is 2.06 bits per heavy atom. The van der Waals surface area contributed by atoms with E-state index >= 15 is 0 Å². The van der Waals surface area contributed by atoms with Gasteiger partial charge in [0.15, 0.2) is 5.44 Å². The number of ether oxygens (including phenoxy) is 1. The molecule has 0 amide bonds. The molecule has 1 unspecified atom stereocenters. The third-order valence-electron chi connectivity index (χ3n) is 2.24. The molecule has 0 saturated heterocycles. The lowest BCUT2D eigenvalue weighted by Gasteiger charge is -2.08. The summed E-state index contributed by atoms with van der Waals surface area (Å²) in [7, 11) is -2.54. The highest BCUT2D eigenvalue weighted by molar-refractivity contribution is 8.72. The molecule has 1 heterocycles. The molecule has 4 nitrogen and oxygen atoms in total. The van der Waals surface area contributed by atoms with Gasteiger partial charge in [-0.15, -0.1) is 0 Å². The fourth-order valence-electron chi connectivity index (χ4n) is 1.39. The Kier molecular flexibility index (Phi) is 2.94. The van der Waals surface area contributed by atoms with Crippen molar-refractivity contribution in [3.05, 3.63) is 35.4 Å². The molecule has 1 aliphatic rings. The number of hydrogen-bond donors (Lipinski definition) is 0. The summed E-state index contributed by atoms with van der Waals surface area (Å²) in [5, 5.41) is 0. The van der Waals surface area contributed by atoms with Crippen molar-refractivity contribution >= 4 is 25.6 Å². The highest BCUT2D eigenvalue weighted by Gasteiger charge is 2.34. The quantitative estimate of drug-likeness (QED) is 0.612. The molecule has 0 N–H and O–H groups in total. The second kappa shape index (κ2) is 4.10. The van der Waals surface area contributed by atoms with Crippen LogP contribution in [0.4, 0.5) is 0 Å². The molecule has 0 spiro atoms. The lowest BCUT2D eigenvalue weighted by Crippen LogP contribution is -2.02. The maximum atomic E-state index is 11.4. The van der Waals surface area contributed by atoms with Crippen molar-refractivity contribution < 1.29 is 17.9 Å². The van der Waals surface area contributed by atoms with Gasteiger partial charge in [0, 0.05) is 16.4 Å². The van der Waals surface area contributed by atoms with Gasteiger partial charge >= 0.3 is 5.97 Å². The molecule has 2 rings (SSSR count). The maximum Gasteiger partial charge on any atom is 0.340 e. The monoisotopic (exact) mass is 258 g/mol. The van der Waals surface area contributed by atoms with Gasteiger partial charge in [0.25, 0.3) is 0 Å². The lowest BCUT2D eigenvalue weighted by molar-refractivity contribution is 0.0524. The van der Waals surface area contributed by atoms with E-state index in [9.17, 15) is 13.2 Å². The number of benzene rings is 1. The largest absolute Gasteiger partial charge is 0.442 e. The first-order valence-corrected chi connectivity index (χ1v) is 7.79. The summed E-state index contributed by atoms with van der Waals surface area (Å²) in [5.41, 5.74) is 0.356. The van der Waals surface area contributed by atoms with E-state index in [1.165, 1.54) is 0 Å². The van der Waals surface area contributed by atoms with Crippen LogP contribution in [0.2, 0.25) is 0 Å². The number of rotatable bonds is 3. The van der Waals surface area contributed by atoms with Crippen LogP contribution in [0.1, 0.15) is 28.3 Å². The highest BCUT2D eigenvalue weighted by atomic mass is 33.1. The van der Waals surface area contributed by atoms with Gasteiger partial charge in [-0.25, -0.2) is 13.2 Å². The molecule has 0 aliphatic carbocycles. The van der Waals surface area contributed by atoms with E-state index < -0.39 is 20.3 Å². The number of carbonyl (C=O) groups is 1. The summed E-state index contributed by atoms with van der Waals surface area (Å²) in [5.74, 6) is -0.437. The van der Waals surface area contributed by atoms with Gasteiger partial charge in [-0.1, -0.05) is 25.1 Å². The zero-order chi connectivity index (χ0) is 11.8. The Morgan fingerprint density at radius 3 is 2.75 bits per heavy atom. The molecule has 0 aromatic heterocycles. The van der Waals surface area contributed by atoms with Crippen LogP contribution in [0.5, 0.6) is 0 Å². The molecule has 16 heavy (non-hydrogen) atoms. The second-order valence-electron chi connectivity index (χ2n) is 3.27. The first kappa shape index (κ1) is 11.5. The number of carbonyl (C=O) groups excluding carboxylic acids is 1. The molecule has 1 aliphatic heterocycles. The zero-order valence-electron chi connectivity index (χ0n) is 8.54. The minimum absolute atomic E-state index is 0.0217. The standard InChI is InChI=1S/C10H10O4S2/c1-2-16(12,13)15-10-8-6-4-3-5-7(8)9(11)14-10/h3-6,10H,2H2,1H3. The Labute approximate surface area is 97.3 Å². The van der Waals surface area contributed by atoms with Crippen LogP contribution in [0.3, 0.4) is 0 Å². The summed E-state index contributed by atoms with van der Waals surface area (Å²) < 4.78 is 27.9. The zero-order valence-corrected chi connectivity index (χ0v) is 10.2. The summed E-state index contributed by atoms with van der Waals surface area (Å²) in [6, 6.07) is 6.83. The number of cyclic esters (lactones) is 1. The minimum Gasteiger partial charge on any atom is -0.442 e. The molecule has 1 aromatic carbocycles. The average molecular weight is 258 g/mol. The lowest BCUT2D eigenvalue weighted by atomic mass is 10.1. The fraction of sp³-hybridized carbons (Fsp3) is 0.300. The average Bonchev–Trinajstić information content (AvgIpc) is 2.56. The Morgan fingerprint density at radius 1 is 1.38 bits per heavy atom. The van der Waals surface area contributed by atoms with Gasteiger partial charge in [0.1, 0.15) is 0 Å². The summed E-state index contributed by atoms with van der Waals surface area (Å²) in [6.45, 7) is 1.56. The highest BCUT2D eigenvalue weighted by Crippen LogP contribution is 2.41. The molecule has 1 aromatic rings. The molecule has 86 valence electrons. The van der Waals surface area contributed by atoms with Crippen LogP contribution in [-0.2, 0) is 13.6 Å². The first-order valence-electron chi connectivity index (χ1n) is 4.74. The van der Waals surface area contributed by atoms with Gasteiger partial charge in [-0.3, -0.25) is 0 Å². The summed E-state index contributed by atoms with van der Waals surface area (Å²) in [6.07, 6.45) is 0. The Bertz CT molecular complexity index is 521. The molecule has 6 heteroatoms. The van der Waals surface area contributed by atoms with E-state index in [2.05, 4.69) is 0 Å². The van der Waals surface area contributed by atoms with Crippen LogP contribution in [0, 0.1) is 0 Å². The van der Waals surface area contributed by atoms with Crippen LogP contribution >= 0.6 is 10.8 Å². The van der Waals surface area contributed by atoms with E-state index in [1.807, 2.05) is 0 Å². The summed E-state index contributed by atoms with van der Waals surface area (Å²) >= 11 is 0. The topological polar surface area (TPSA) is 60.4 Å². The van der Waals surface area contributed by atoms with E-state index in [0.29, 0.717) is 21.9 Å². The minimum atomic E-state index is -3.23. The van der Waals surface area contributed by atoms with E-state index in [0.717, 1.165) is 0 Å².